The van der Waals surface area contributed by atoms with Gasteiger partial charge in [-0.3, -0.25) is 4.99 Å². The van der Waals surface area contributed by atoms with E-state index in [9.17, 15) is 0 Å². The Bertz CT molecular complexity index is 208. The van der Waals surface area contributed by atoms with Gasteiger partial charge < -0.3 is 15.4 Å². The fourth-order valence-corrected chi connectivity index (χ4v) is 1.04. The number of hydrogen-bond donors (Lipinski definition) is 2. The molecule has 2 N–H and O–H groups in total. The quantitative estimate of drug-likeness (QED) is 0.280. The molecule has 0 fully saturated rings. The number of unbranched alkanes of at least 4 members (excludes halogenated alkanes) is 1. The first-order valence-electron chi connectivity index (χ1n) is 5.30. The van der Waals surface area contributed by atoms with Gasteiger partial charge in [-0.2, -0.15) is 0 Å². The normalized spacial score (nSPS) is 10.9. The van der Waals surface area contributed by atoms with Gasteiger partial charge in [0.15, 0.2) is 5.96 Å². The highest BCUT2D eigenvalue weighted by molar-refractivity contribution is 5.79. The first kappa shape index (κ1) is 13.8. The zero-order valence-corrected chi connectivity index (χ0v) is 9.68. The summed E-state index contributed by atoms with van der Waals surface area (Å²) >= 11 is 0. The summed E-state index contributed by atoms with van der Waals surface area (Å²) in [6.45, 7) is 5.01. The van der Waals surface area contributed by atoms with Crippen molar-refractivity contribution < 1.29 is 4.74 Å². The Balaban J connectivity index is 3.36. The lowest BCUT2D eigenvalue weighted by molar-refractivity contribution is 0.143. The third kappa shape index (κ3) is 9.10. The van der Waals surface area contributed by atoms with Crippen LogP contribution in [0.15, 0.2) is 4.99 Å². The second kappa shape index (κ2) is 10.9. The molecule has 0 aliphatic rings. The first-order chi connectivity index (χ1) is 7.35. The number of rotatable bonds is 7. The summed E-state index contributed by atoms with van der Waals surface area (Å²) in [5.41, 5.74) is 0. The molecule has 0 spiro atoms. The van der Waals surface area contributed by atoms with E-state index in [4.69, 9.17) is 11.2 Å². The number of ether oxygens (including phenoxy) is 1. The molecule has 0 aromatic heterocycles. The zero-order valence-electron chi connectivity index (χ0n) is 9.68. The molecule has 0 aromatic carbocycles. The number of hydrogen-bond acceptors (Lipinski definition) is 2. The summed E-state index contributed by atoms with van der Waals surface area (Å²) in [4.78, 5) is 4.03. The summed E-state index contributed by atoms with van der Waals surface area (Å²) < 4.78 is 5.23. The second-order valence-electron chi connectivity index (χ2n) is 2.96. The lowest BCUT2D eigenvalue weighted by Crippen LogP contribution is -2.37. The Labute approximate surface area is 92.5 Å². The topological polar surface area (TPSA) is 45.7 Å². The lowest BCUT2D eigenvalue weighted by atomic mass is 10.3. The molecule has 86 valence electrons. The molecule has 4 heteroatoms. The predicted octanol–water partition coefficient (Wildman–Crippen LogP) is 0.601. The van der Waals surface area contributed by atoms with Crippen molar-refractivity contribution in [1.82, 2.24) is 10.6 Å². The Morgan fingerprint density at radius 3 is 2.80 bits per heavy atom. The van der Waals surface area contributed by atoms with E-state index in [2.05, 4.69) is 21.5 Å². The fourth-order valence-electron chi connectivity index (χ4n) is 1.04. The molecular formula is C11H21N3O. The summed E-state index contributed by atoms with van der Waals surface area (Å²) in [5.74, 6) is 3.25. The maximum absolute atomic E-state index is 5.23. The van der Waals surface area contributed by atoms with E-state index in [1.54, 1.807) is 7.05 Å². The predicted molar refractivity (Wildman–Crippen MR) is 63.9 cm³/mol. The van der Waals surface area contributed by atoms with Gasteiger partial charge in [0.25, 0.3) is 0 Å². The lowest BCUT2D eigenvalue weighted by Gasteiger charge is -2.09. The van der Waals surface area contributed by atoms with Crippen molar-refractivity contribution in [2.24, 2.45) is 4.99 Å². The van der Waals surface area contributed by atoms with Gasteiger partial charge in [0, 0.05) is 26.8 Å². The summed E-state index contributed by atoms with van der Waals surface area (Å²) in [5, 5.41) is 6.16. The van der Waals surface area contributed by atoms with E-state index >= 15 is 0 Å². The molecule has 0 bridgehead atoms. The largest absolute Gasteiger partial charge is 0.382 e. The van der Waals surface area contributed by atoms with Crippen LogP contribution in [0.3, 0.4) is 0 Å². The highest BCUT2D eigenvalue weighted by Gasteiger charge is 1.94. The van der Waals surface area contributed by atoms with Crippen LogP contribution in [0.5, 0.6) is 0 Å². The minimum absolute atomic E-state index is 0.499. The van der Waals surface area contributed by atoms with Gasteiger partial charge in [0.1, 0.15) is 0 Å². The van der Waals surface area contributed by atoms with Crippen molar-refractivity contribution in [3.05, 3.63) is 0 Å². The van der Waals surface area contributed by atoms with E-state index in [0.29, 0.717) is 6.54 Å². The molecule has 15 heavy (non-hydrogen) atoms. The molecule has 0 radical (unpaired) electrons. The molecule has 0 unspecified atom stereocenters. The van der Waals surface area contributed by atoms with Crippen LogP contribution in [-0.2, 0) is 4.74 Å². The maximum Gasteiger partial charge on any atom is 0.191 e. The summed E-state index contributed by atoms with van der Waals surface area (Å²) in [6, 6.07) is 0. The van der Waals surface area contributed by atoms with E-state index < -0.39 is 0 Å². The number of terminal acetylenes is 1. The van der Waals surface area contributed by atoms with Crippen LogP contribution in [0.2, 0.25) is 0 Å². The second-order valence-corrected chi connectivity index (χ2v) is 2.96. The highest BCUT2D eigenvalue weighted by Crippen LogP contribution is 1.88. The standard InChI is InChI=1S/C11H21N3O/c1-4-8-13-11(12-3)14-9-6-7-10-15-5-2/h1H,5-10H2,2-3H3,(H2,12,13,14). The van der Waals surface area contributed by atoms with E-state index in [1.807, 2.05) is 6.92 Å². The average molecular weight is 211 g/mol. The maximum atomic E-state index is 5.23. The van der Waals surface area contributed by atoms with Crippen LogP contribution in [0.1, 0.15) is 19.8 Å². The Kier molecular flexibility index (Phi) is 9.99. The summed E-state index contributed by atoms with van der Waals surface area (Å²) in [6.07, 6.45) is 7.26. The SMILES string of the molecule is C#CCNC(=NC)NCCCCOCC. The monoisotopic (exact) mass is 211 g/mol. The molecule has 0 aliphatic carbocycles. The number of aliphatic imine (C=N–C) groups is 1. The van der Waals surface area contributed by atoms with Crippen LogP contribution in [0, 0.1) is 12.3 Å². The minimum Gasteiger partial charge on any atom is -0.382 e. The first-order valence-corrected chi connectivity index (χ1v) is 5.30. The van der Waals surface area contributed by atoms with Crippen LogP contribution in [0.4, 0.5) is 0 Å². The zero-order chi connectivity index (χ0) is 11.4. The van der Waals surface area contributed by atoms with Crippen LogP contribution in [-0.4, -0.2) is 39.3 Å². The van der Waals surface area contributed by atoms with Crippen molar-refractivity contribution in [2.75, 3.05) is 33.4 Å². The molecule has 0 saturated carbocycles. The Morgan fingerprint density at radius 2 is 2.20 bits per heavy atom. The molecule has 0 aromatic rings. The van der Waals surface area contributed by atoms with Gasteiger partial charge in [0.2, 0.25) is 0 Å². The van der Waals surface area contributed by atoms with Gasteiger partial charge in [0.05, 0.1) is 6.54 Å². The third-order valence-corrected chi connectivity index (χ3v) is 1.79. The van der Waals surface area contributed by atoms with E-state index in [-0.39, 0.29) is 0 Å². The van der Waals surface area contributed by atoms with Crippen LogP contribution < -0.4 is 10.6 Å². The molecular weight excluding hydrogens is 190 g/mol. The van der Waals surface area contributed by atoms with Gasteiger partial charge in [-0.15, -0.1) is 6.42 Å². The molecule has 0 atom stereocenters. The van der Waals surface area contributed by atoms with E-state index in [1.165, 1.54) is 0 Å². The smallest absolute Gasteiger partial charge is 0.191 e. The van der Waals surface area contributed by atoms with Gasteiger partial charge >= 0.3 is 0 Å². The summed E-state index contributed by atoms with van der Waals surface area (Å²) in [7, 11) is 1.73. The van der Waals surface area contributed by atoms with Crippen molar-refractivity contribution in [3.63, 3.8) is 0 Å². The number of nitrogens with zero attached hydrogens (tertiary/aromatic N) is 1. The minimum atomic E-state index is 0.499. The van der Waals surface area contributed by atoms with E-state index in [0.717, 1.165) is 38.6 Å². The highest BCUT2D eigenvalue weighted by atomic mass is 16.5. The third-order valence-electron chi connectivity index (χ3n) is 1.79. The van der Waals surface area contributed by atoms with Crippen molar-refractivity contribution in [1.29, 1.82) is 0 Å². The Hall–Kier alpha value is -1.21. The Morgan fingerprint density at radius 1 is 1.40 bits per heavy atom. The molecule has 0 rings (SSSR count). The molecule has 0 saturated heterocycles. The number of nitrogens with one attached hydrogen (secondary N) is 2. The van der Waals surface area contributed by atoms with Gasteiger partial charge in [-0.25, -0.2) is 0 Å². The van der Waals surface area contributed by atoms with Gasteiger partial charge in [-0.1, -0.05) is 5.92 Å². The fraction of sp³-hybridized carbons (Fsp3) is 0.727. The van der Waals surface area contributed by atoms with Crippen LogP contribution in [0.25, 0.3) is 0 Å². The molecule has 0 amide bonds. The molecule has 0 aliphatic heterocycles. The van der Waals surface area contributed by atoms with Crippen molar-refractivity contribution >= 4 is 5.96 Å². The van der Waals surface area contributed by atoms with Crippen molar-refractivity contribution in [2.45, 2.75) is 19.8 Å². The van der Waals surface area contributed by atoms with Gasteiger partial charge in [-0.05, 0) is 19.8 Å². The molecule has 0 heterocycles. The average Bonchev–Trinajstić information content (AvgIpc) is 2.27. The molecule has 4 nitrogen and oxygen atoms in total. The van der Waals surface area contributed by atoms with Crippen LogP contribution >= 0.6 is 0 Å². The van der Waals surface area contributed by atoms with Crippen molar-refractivity contribution in [3.8, 4) is 12.3 Å². The number of guanidine groups is 1.